The maximum absolute atomic E-state index is 12.0. The fraction of sp³-hybridized carbons (Fsp3) is 0.429. The van der Waals surface area contributed by atoms with Crippen molar-refractivity contribution in [3.05, 3.63) is 35.9 Å². The summed E-state index contributed by atoms with van der Waals surface area (Å²) in [6, 6.07) is 9.56. The molecule has 0 bridgehead atoms. The van der Waals surface area contributed by atoms with Gasteiger partial charge in [-0.25, -0.2) is 9.59 Å². The first-order valence-corrected chi connectivity index (χ1v) is 6.58. The topological polar surface area (TPSA) is 62.2 Å². The summed E-state index contributed by atoms with van der Waals surface area (Å²) in [5.74, 6) is 0. The van der Waals surface area contributed by atoms with Crippen molar-refractivity contribution in [3.8, 4) is 0 Å². The van der Waals surface area contributed by atoms with E-state index in [0.29, 0.717) is 26.2 Å². The largest absolute Gasteiger partial charge is 0.445 e. The molecule has 0 aliphatic carbocycles. The summed E-state index contributed by atoms with van der Waals surface area (Å²) in [5.41, 5.74) is 0.961. The highest BCUT2D eigenvalue weighted by Gasteiger charge is 2.19. The van der Waals surface area contributed by atoms with Crippen LogP contribution in [-0.4, -0.2) is 48.3 Å². The minimum Gasteiger partial charge on any atom is -0.445 e. The van der Waals surface area contributed by atoms with Gasteiger partial charge in [0, 0.05) is 19.6 Å². The molecular formula is C14H17N3O3. The van der Waals surface area contributed by atoms with Crippen molar-refractivity contribution in [2.45, 2.75) is 13.0 Å². The maximum Gasteiger partial charge on any atom is 0.410 e. The Morgan fingerprint density at radius 1 is 1.20 bits per heavy atom. The van der Waals surface area contributed by atoms with Crippen LogP contribution in [0.2, 0.25) is 0 Å². The fourth-order valence-corrected chi connectivity index (χ4v) is 2.05. The van der Waals surface area contributed by atoms with Gasteiger partial charge in [0.2, 0.25) is 0 Å². The highest BCUT2D eigenvalue weighted by molar-refractivity contribution is 5.67. The first kappa shape index (κ1) is 14.1. The molecule has 1 heterocycles. The lowest BCUT2D eigenvalue weighted by atomic mass is 10.2. The van der Waals surface area contributed by atoms with Crippen LogP contribution in [0.5, 0.6) is 0 Å². The molecule has 0 aromatic heterocycles. The number of rotatable bonds is 3. The number of carbonyl (C=O) groups is 1. The third kappa shape index (κ3) is 4.10. The average molecular weight is 275 g/mol. The molecule has 1 saturated heterocycles. The lowest BCUT2D eigenvalue weighted by molar-refractivity contribution is 0.0974. The molecule has 1 aromatic carbocycles. The van der Waals surface area contributed by atoms with Gasteiger partial charge in [0.05, 0.1) is 6.54 Å². The van der Waals surface area contributed by atoms with Crippen molar-refractivity contribution >= 4 is 12.2 Å². The van der Waals surface area contributed by atoms with Crippen LogP contribution in [-0.2, 0) is 16.1 Å². The lowest BCUT2D eigenvalue weighted by Gasteiger charge is -2.19. The van der Waals surface area contributed by atoms with Gasteiger partial charge in [0.25, 0.3) is 6.08 Å². The zero-order valence-corrected chi connectivity index (χ0v) is 11.2. The highest BCUT2D eigenvalue weighted by atomic mass is 16.6. The minimum absolute atomic E-state index is 0.270. The number of carbonyl (C=O) groups excluding carboxylic acids is 2. The SMILES string of the molecule is O=C=NN1CCCN(C(=O)OCc2ccccc2)CC1. The Morgan fingerprint density at radius 2 is 2.00 bits per heavy atom. The van der Waals surface area contributed by atoms with Crippen molar-refractivity contribution < 1.29 is 14.3 Å². The molecule has 6 nitrogen and oxygen atoms in total. The van der Waals surface area contributed by atoms with E-state index in [0.717, 1.165) is 12.0 Å². The predicted octanol–water partition coefficient (Wildman–Crippen LogP) is 1.58. The van der Waals surface area contributed by atoms with E-state index in [1.54, 1.807) is 9.91 Å². The van der Waals surface area contributed by atoms with Crippen molar-refractivity contribution in [1.29, 1.82) is 0 Å². The van der Waals surface area contributed by atoms with Gasteiger partial charge < -0.3 is 9.64 Å². The van der Waals surface area contributed by atoms with E-state index in [2.05, 4.69) is 5.10 Å². The molecule has 0 N–H and O–H groups in total. The summed E-state index contributed by atoms with van der Waals surface area (Å²) in [6.07, 6.45) is 1.95. The second kappa shape index (κ2) is 7.31. The molecule has 1 aliphatic heterocycles. The van der Waals surface area contributed by atoms with Crippen molar-refractivity contribution in [2.24, 2.45) is 5.10 Å². The lowest BCUT2D eigenvalue weighted by Crippen LogP contribution is -2.34. The van der Waals surface area contributed by atoms with Gasteiger partial charge in [-0.2, -0.15) is 0 Å². The van der Waals surface area contributed by atoms with Crippen LogP contribution in [0.4, 0.5) is 4.79 Å². The van der Waals surface area contributed by atoms with Gasteiger partial charge >= 0.3 is 6.09 Å². The predicted molar refractivity (Wildman–Crippen MR) is 72.5 cm³/mol. The van der Waals surface area contributed by atoms with E-state index in [9.17, 15) is 9.59 Å². The van der Waals surface area contributed by atoms with E-state index < -0.39 is 0 Å². The zero-order chi connectivity index (χ0) is 14.2. The smallest absolute Gasteiger partial charge is 0.410 e. The van der Waals surface area contributed by atoms with Crippen LogP contribution >= 0.6 is 0 Å². The van der Waals surface area contributed by atoms with Crippen molar-refractivity contribution in [1.82, 2.24) is 9.91 Å². The fourth-order valence-electron chi connectivity index (χ4n) is 2.05. The van der Waals surface area contributed by atoms with Crippen LogP contribution in [0.3, 0.4) is 0 Å². The summed E-state index contributed by atoms with van der Waals surface area (Å²) in [6.45, 7) is 2.55. The van der Waals surface area contributed by atoms with Gasteiger partial charge in [-0.15, -0.1) is 0 Å². The van der Waals surface area contributed by atoms with E-state index in [1.165, 1.54) is 6.08 Å². The Bertz CT molecular complexity index is 486. The summed E-state index contributed by atoms with van der Waals surface area (Å²) in [5, 5.41) is 5.20. The Morgan fingerprint density at radius 3 is 2.75 bits per heavy atom. The Labute approximate surface area is 117 Å². The number of hydrogen-bond donors (Lipinski definition) is 0. The van der Waals surface area contributed by atoms with Gasteiger partial charge in [-0.1, -0.05) is 35.4 Å². The first-order chi connectivity index (χ1) is 9.79. The number of nitrogens with zero attached hydrogens (tertiary/aromatic N) is 3. The second-order valence-corrected chi connectivity index (χ2v) is 4.53. The standard InChI is InChI=1S/C14H17N3O3/c18-12-15-17-8-4-7-16(9-10-17)14(19)20-11-13-5-2-1-3-6-13/h1-3,5-6H,4,7-11H2. The van der Waals surface area contributed by atoms with Gasteiger partial charge in [0.15, 0.2) is 0 Å². The monoisotopic (exact) mass is 275 g/mol. The van der Waals surface area contributed by atoms with E-state index in [4.69, 9.17) is 4.74 Å². The van der Waals surface area contributed by atoms with E-state index in [-0.39, 0.29) is 12.7 Å². The molecule has 1 fully saturated rings. The highest BCUT2D eigenvalue weighted by Crippen LogP contribution is 2.07. The minimum atomic E-state index is -0.328. The molecule has 0 saturated carbocycles. The second-order valence-electron chi connectivity index (χ2n) is 4.53. The van der Waals surface area contributed by atoms with Crippen molar-refractivity contribution in [2.75, 3.05) is 26.2 Å². The van der Waals surface area contributed by atoms with Gasteiger partial charge in [0.1, 0.15) is 6.61 Å². The molecule has 1 aliphatic rings. The Kier molecular flexibility index (Phi) is 5.15. The maximum atomic E-state index is 12.0. The number of ether oxygens (including phenoxy) is 1. The van der Waals surface area contributed by atoms with Crippen LogP contribution in [0.25, 0.3) is 0 Å². The number of amides is 1. The third-order valence-electron chi connectivity index (χ3n) is 3.12. The normalized spacial score (nSPS) is 15.2. The molecule has 20 heavy (non-hydrogen) atoms. The molecule has 0 atom stereocenters. The van der Waals surface area contributed by atoms with Crippen LogP contribution in [0.1, 0.15) is 12.0 Å². The van der Waals surface area contributed by atoms with Crippen LogP contribution in [0.15, 0.2) is 35.4 Å². The molecule has 0 radical (unpaired) electrons. The summed E-state index contributed by atoms with van der Waals surface area (Å²) < 4.78 is 5.28. The molecule has 1 aromatic rings. The Hall–Kier alpha value is -2.33. The molecule has 1 amide bonds. The number of hydrogen-bond acceptors (Lipinski definition) is 5. The molecule has 0 spiro atoms. The molecule has 0 unspecified atom stereocenters. The van der Waals surface area contributed by atoms with Crippen LogP contribution < -0.4 is 0 Å². The van der Waals surface area contributed by atoms with Crippen LogP contribution in [0, 0.1) is 0 Å². The summed E-state index contributed by atoms with van der Waals surface area (Å²) in [4.78, 5) is 23.8. The molecule has 106 valence electrons. The number of isocyanates is 1. The number of hydrazone groups is 1. The zero-order valence-electron chi connectivity index (χ0n) is 11.2. The molecule has 2 rings (SSSR count). The Balaban J connectivity index is 1.82. The number of benzene rings is 1. The quantitative estimate of drug-likeness (QED) is 0.620. The average Bonchev–Trinajstić information content (AvgIpc) is 2.72. The van der Waals surface area contributed by atoms with Gasteiger partial charge in [-0.3, -0.25) is 5.01 Å². The summed E-state index contributed by atoms with van der Waals surface area (Å²) in [7, 11) is 0. The summed E-state index contributed by atoms with van der Waals surface area (Å²) >= 11 is 0. The van der Waals surface area contributed by atoms with Crippen molar-refractivity contribution in [3.63, 3.8) is 0 Å². The third-order valence-corrected chi connectivity index (χ3v) is 3.12. The molecule has 6 heteroatoms. The van der Waals surface area contributed by atoms with Gasteiger partial charge in [-0.05, 0) is 12.0 Å². The first-order valence-electron chi connectivity index (χ1n) is 6.58. The van der Waals surface area contributed by atoms with E-state index >= 15 is 0 Å². The van der Waals surface area contributed by atoms with E-state index in [1.807, 2.05) is 30.3 Å². The molecular weight excluding hydrogens is 258 g/mol.